The van der Waals surface area contributed by atoms with Gasteiger partial charge in [-0.25, -0.2) is 0 Å². The summed E-state index contributed by atoms with van der Waals surface area (Å²) in [6.45, 7) is 4.45. The number of carbonyl (C=O) groups is 1. The van der Waals surface area contributed by atoms with Gasteiger partial charge in [0.05, 0.1) is 0 Å². The van der Waals surface area contributed by atoms with Crippen LogP contribution in [0.2, 0.25) is 0 Å². The van der Waals surface area contributed by atoms with Gasteiger partial charge in [0.1, 0.15) is 0 Å². The molecule has 0 aliphatic heterocycles. The molecule has 2 aliphatic carbocycles. The minimum absolute atomic E-state index is 0.324. The average Bonchev–Trinajstić information content (AvgIpc) is 2.51. The van der Waals surface area contributed by atoms with Gasteiger partial charge in [0, 0.05) is 5.92 Å². The maximum absolute atomic E-state index is 12.4. The van der Waals surface area contributed by atoms with E-state index in [0.717, 1.165) is 12.8 Å². The van der Waals surface area contributed by atoms with Crippen LogP contribution in [0, 0.1) is 11.8 Å². The molecule has 0 aromatic heterocycles. The van der Waals surface area contributed by atoms with Gasteiger partial charge in [-0.05, 0) is 37.7 Å². The molecule has 2 aliphatic rings. The first kappa shape index (κ1) is 12.9. The summed E-state index contributed by atoms with van der Waals surface area (Å²) in [5.74, 6) is 1.33. The molecule has 2 bridgehead atoms. The minimum Gasteiger partial charge on any atom is -0.294 e. The van der Waals surface area contributed by atoms with Crippen LogP contribution in [-0.4, -0.2) is 5.78 Å². The highest BCUT2D eigenvalue weighted by Crippen LogP contribution is 2.39. The van der Waals surface area contributed by atoms with Crippen LogP contribution >= 0.6 is 0 Å². The molecule has 1 fully saturated rings. The number of fused-ring (bicyclic) bond motifs is 2. The third-order valence-electron chi connectivity index (χ3n) is 4.84. The topological polar surface area (TPSA) is 17.1 Å². The molecule has 1 nitrogen and oxygen atoms in total. The van der Waals surface area contributed by atoms with Crippen LogP contribution in [0.4, 0.5) is 0 Å². The van der Waals surface area contributed by atoms with Crippen molar-refractivity contribution >= 4 is 5.78 Å². The van der Waals surface area contributed by atoms with E-state index in [0.29, 0.717) is 17.6 Å². The predicted octanol–water partition coefficient (Wildman–Crippen LogP) is 4.66. The Hall–Kier alpha value is -0.590. The van der Waals surface area contributed by atoms with Crippen molar-refractivity contribution in [1.82, 2.24) is 0 Å². The summed E-state index contributed by atoms with van der Waals surface area (Å²) in [5, 5.41) is 0. The van der Waals surface area contributed by atoms with Crippen molar-refractivity contribution in [1.29, 1.82) is 0 Å². The van der Waals surface area contributed by atoms with Gasteiger partial charge in [0.2, 0.25) is 0 Å². The summed E-state index contributed by atoms with van der Waals surface area (Å²) in [7, 11) is 0. The molecule has 17 heavy (non-hydrogen) atoms. The lowest BCUT2D eigenvalue weighted by Crippen LogP contribution is -2.16. The Morgan fingerprint density at radius 3 is 2.24 bits per heavy atom. The van der Waals surface area contributed by atoms with Crippen molar-refractivity contribution < 1.29 is 4.79 Å². The molecule has 0 heterocycles. The molecule has 96 valence electrons. The Labute approximate surface area is 106 Å². The van der Waals surface area contributed by atoms with E-state index < -0.39 is 0 Å². The van der Waals surface area contributed by atoms with Crippen LogP contribution in [0.15, 0.2) is 11.1 Å². The highest BCUT2D eigenvalue weighted by atomic mass is 16.1. The zero-order valence-corrected chi connectivity index (χ0v) is 11.4. The van der Waals surface area contributed by atoms with Gasteiger partial charge in [-0.2, -0.15) is 0 Å². The van der Waals surface area contributed by atoms with Crippen LogP contribution in [0.25, 0.3) is 0 Å². The van der Waals surface area contributed by atoms with Crippen molar-refractivity contribution in [3.63, 3.8) is 0 Å². The molecular weight excluding hydrogens is 208 g/mol. The van der Waals surface area contributed by atoms with Crippen LogP contribution in [0.1, 0.15) is 71.6 Å². The second-order valence-electron chi connectivity index (χ2n) is 5.93. The highest BCUT2D eigenvalue weighted by Gasteiger charge is 2.35. The molecule has 0 amide bonds. The largest absolute Gasteiger partial charge is 0.294 e. The summed E-state index contributed by atoms with van der Waals surface area (Å²) < 4.78 is 0. The van der Waals surface area contributed by atoms with E-state index in [2.05, 4.69) is 13.8 Å². The Morgan fingerprint density at radius 2 is 1.53 bits per heavy atom. The number of ketones is 1. The quantitative estimate of drug-likeness (QED) is 0.595. The fourth-order valence-electron chi connectivity index (χ4n) is 3.47. The molecule has 2 unspecified atom stereocenters. The summed E-state index contributed by atoms with van der Waals surface area (Å²) in [5.41, 5.74) is 2.60. The van der Waals surface area contributed by atoms with Crippen molar-refractivity contribution in [3.8, 4) is 0 Å². The lowest BCUT2D eigenvalue weighted by Gasteiger charge is -2.15. The van der Waals surface area contributed by atoms with Crippen molar-refractivity contribution in [2.45, 2.75) is 71.6 Å². The fourth-order valence-corrected chi connectivity index (χ4v) is 3.47. The zero-order valence-electron chi connectivity index (χ0n) is 11.4. The second kappa shape index (κ2) is 5.84. The van der Waals surface area contributed by atoms with Crippen molar-refractivity contribution in [2.24, 2.45) is 11.8 Å². The summed E-state index contributed by atoms with van der Waals surface area (Å²) in [6, 6.07) is 0. The van der Waals surface area contributed by atoms with Gasteiger partial charge in [0.15, 0.2) is 5.78 Å². The van der Waals surface area contributed by atoms with Crippen LogP contribution in [0.3, 0.4) is 0 Å². The van der Waals surface area contributed by atoms with E-state index in [-0.39, 0.29) is 0 Å². The Morgan fingerprint density at radius 1 is 0.941 bits per heavy atom. The molecule has 0 saturated heterocycles. The van der Waals surface area contributed by atoms with E-state index >= 15 is 0 Å². The second-order valence-corrected chi connectivity index (χ2v) is 5.93. The Kier molecular flexibility index (Phi) is 4.42. The lowest BCUT2D eigenvalue weighted by molar-refractivity contribution is -0.119. The van der Waals surface area contributed by atoms with Crippen LogP contribution < -0.4 is 0 Å². The first-order valence-corrected chi connectivity index (χ1v) is 7.45. The molecule has 0 spiro atoms. The first-order chi connectivity index (χ1) is 8.22. The lowest BCUT2D eigenvalue weighted by atomic mass is 9.88. The van der Waals surface area contributed by atoms with Gasteiger partial charge in [0.25, 0.3) is 0 Å². The third kappa shape index (κ3) is 2.81. The monoisotopic (exact) mass is 234 g/mol. The number of Topliss-reactive ketones (excluding diaryl/α,β-unsaturated/α-hetero) is 1. The van der Waals surface area contributed by atoms with Gasteiger partial charge >= 0.3 is 0 Å². The maximum Gasteiger partial charge on any atom is 0.162 e. The zero-order chi connectivity index (χ0) is 12.3. The minimum atomic E-state index is 0.324. The molecule has 0 radical (unpaired) electrons. The number of hydrogen-bond donors (Lipinski definition) is 0. The SMILES string of the molecule is CC1=C2CCCCCCCCCC(C2=O)C1C. The summed E-state index contributed by atoms with van der Waals surface area (Å²) >= 11 is 0. The molecule has 0 N–H and O–H groups in total. The third-order valence-corrected chi connectivity index (χ3v) is 4.84. The van der Waals surface area contributed by atoms with E-state index in [1.54, 1.807) is 0 Å². The molecule has 1 saturated carbocycles. The van der Waals surface area contributed by atoms with Gasteiger partial charge in [-0.3, -0.25) is 4.79 Å². The van der Waals surface area contributed by atoms with E-state index in [1.165, 1.54) is 56.1 Å². The van der Waals surface area contributed by atoms with Crippen LogP contribution in [-0.2, 0) is 4.79 Å². The van der Waals surface area contributed by atoms with Gasteiger partial charge in [-0.1, -0.05) is 51.0 Å². The average molecular weight is 234 g/mol. The molecule has 0 aromatic carbocycles. The highest BCUT2D eigenvalue weighted by molar-refractivity contribution is 6.00. The Bertz CT molecular complexity index is 313. The standard InChI is InChI=1S/C16H26O/c1-12-13(2)15-11-9-7-5-3-4-6-8-10-14(12)16(15)17/h12,14H,3-11H2,1-2H3. The normalized spacial score (nSPS) is 32.2. The van der Waals surface area contributed by atoms with Gasteiger partial charge in [-0.15, -0.1) is 0 Å². The maximum atomic E-state index is 12.4. The number of allylic oxidation sites excluding steroid dienone is 2. The molecular formula is C16H26O. The first-order valence-electron chi connectivity index (χ1n) is 7.45. The Balaban J connectivity index is 2.08. The smallest absolute Gasteiger partial charge is 0.162 e. The number of rotatable bonds is 0. The number of carbonyl (C=O) groups excluding carboxylic acids is 1. The fraction of sp³-hybridized carbons (Fsp3) is 0.812. The summed E-state index contributed by atoms with van der Waals surface area (Å²) in [6.07, 6.45) is 11.4. The molecule has 2 rings (SSSR count). The van der Waals surface area contributed by atoms with E-state index in [4.69, 9.17) is 0 Å². The molecule has 0 aromatic rings. The van der Waals surface area contributed by atoms with Crippen molar-refractivity contribution in [2.75, 3.05) is 0 Å². The van der Waals surface area contributed by atoms with E-state index in [1.807, 2.05) is 0 Å². The van der Waals surface area contributed by atoms with Gasteiger partial charge < -0.3 is 0 Å². The summed E-state index contributed by atoms with van der Waals surface area (Å²) in [4.78, 5) is 12.4. The molecule has 2 atom stereocenters. The number of hydrogen-bond acceptors (Lipinski definition) is 1. The van der Waals surface area contributed by atoms with Crippen LogP contribution in [0.5, 0.6) is 0 Å². The van der Waals surface area contributed by atoms with E-state index in [9.17, 15) is 4.79 Å². The molecule has 1 heteroatoms. The predicted molar refractivity (Wildman–Crippen MR) is 71.9 cm³/mol. The van der Waals surface area contributed by atoms with Crippen molar-refractivity contribution in [3.05, 3.63) is 11.1 Å².